The van der Waals surface area contributed by atoms with Crippen molar-refractivity contribution < 1.29 is 4.58 Å². The molecule has 0 saturated carbocycles. The van der Waals surface area contributed by atoms with Crippen LogP contribution in [0, 0.1) is 0 Å². The molecule has 1 aliphatic heterocycles. The van der Waals surface area contributed by atoms with Crippen molar-refractivity contribution in [1.29, 1.82) is 0 Å². The molecular weight excluding hydrogens is 162 g/mol. The molecule has 0 aromatic rings. The van der Waals surface area contributed by atoms with E-state index in [2.05, 4.69) is 42.4 Å². The minimum atomic E-state index is 1.16. The highest BCUT2D eigenvalue weighted by molar-refractivity contribution is 5.75. The number of hydrogen-bond acceptors (Lipinski definition) is 2. The Bertz CT molecular complexity index is 198. The normalized spacial score (nSPS) is 17.1. The van der Waals surface area contributed by atoms with Crippen molar-refractivity contribution in [3.8, 4) is 0 Å². The van der Waals surface area contributed by atoms with Gasteiger partial charge in [-0.2, -0.15) is 0 Å². The van der Waals surface area contributed by atoms with Crippen molar-refractivity contribution in [2.75, 3.05) is 40.8 Å². The van der Waals surface area contributed by atoms with Gasteiger partial charge in [-0.15, -0.1) is 0 Å². The molecule has 0 aromatic carbocycles. The zero-order valence-electron chi connectivity index (χ0n) is 9.38. The molecule has 0 spiro atoms. The molecule has 1 aliphatic rings. The predicted octanol–water partition coefficient (Wildman–Crippen LogP) is 0.662. The summed E-state index contributed by atoms with van der Waals surface area (Å²) >= 11 is 0. The van der Waals surface area contributed by atoms with E-state index >= 15 is 0 Å². The van der Waals surface area contributed by atoms with E-state index in [1.54, 1.807) is 0 Å². The van der Waals surface area contributed by atoms with Crippen LogP contribution in [0.5, 0.6) is 0 Å². The minimum absolute atomic E-state index is 1.16. The Morgan fingerprint density at radius 2 is 2.23 bits per heavy atom. The van der Waals surface area contributed by atoms with Gasteiger partial charge in [0, 0.05) is 0 Å². The number of rotatable bonds is 3. The summed E-state index contributed by atoms with van der Waals surface area (Å²) in [6.45, 7) is 5.71. The van der Waals surface area contributed by atoms with Crippen LogP contribution in [-0.4, -0.2) is 61.1 Å². The van der Waals surface area contributed by atoms with Crippen LogP contribution in [0.2, 0.25) is 0 Å². The molecule has 0 unspecified atom stereocenters. The van der Waals surface area contributed by atoms with E-state index in [9.17, 15) is 0 Å². The topological polar surface area (TPSA) is 9.49 Å². The van der Waals surface area contributed by atoms with E-state index in [0.717, 1.165) is 13.1 Å². The highest BCUT2D eigenvalue weighted by Crippen LogP contribution is 2.02. The molecule has 13 heavy (non-hydrogen) atoms. The first-order chi connectivity index (χ1) is 6.16. The lowest BCUT2D eigenvalue weighted by atomic mass is 10.3. The first-order valence-electron chi connectivity index (χ1n) is 5.17. The second-order valence-electron chi connectivity index (χ2n) is 3.92. The second-order valence-corrected chi connectivity index (χ2v) is 3.92. The Balaban J connectivity index is 2.53. The molecule has 0 bridgehead atoms. The van der Waals surface area contributed by atoms with E-state index < -0.39 is 0 Å². The number of likely N-dealkylation sites (N-methyl/N-ethyl adjacent to an activating group) is 2. The summed E-state index contributed by atoms with van der Waals surface area (Å²) in [5.41, 5.74) is 0. The van der Waals surface area contributed by atoms with Crippen LogP contribution in [0.1, 0.15) is 19.8 Å². The SMILES string of the molecule is CCCCN(C)C1=[N+](C)CCN1C. The maximum absolute atomic E-state index is 2.36. The second kappa shape index (κ2) is 4.49. The van der Waals surface area contributed by atoms with Crippen LogP contribution in [0.3, 0.4) is 0 Å². The van der Waals surface area contributed by atoms with Gasteiger partial charge >= 0.3 is 5.96 Å². The largest absolute Gasteiger partial charge is 0.350 e. The third kappa shape index (κ3) is 2.36. The fraction of sp³-hybridized carbons (Fsp3) is 0.900. The van der Waals surface area contributed by atoms with Gasteiger partial charge in [0.05, 0.1) is 40.8 Å². The van der Waals surface area contributed by atoms with Gasteiger partial charge < -0.3 is 0 Å². The van der Waals surface area contributed by atoms with Gasteiger partial charge in [-0.25, -0.2) is 0 Å². The molecule has 0 amide bonds. The molecule has 3 nitrogen and oxygen atoms in total. The minimum Gasteiger partial charge on any atom is -0.268 e. The third-order valence-electron chi connectivity index (χ3n) is 2.64. The van der Waals surface area contributed by atoms with Gasteiger partial charge in [0.1, 0.15) is 0 Å². The maximum Gasteiger partial charge on any atom is 0.350 e. The smallest absolute Gasteiger partial charge is 0.268 e. The average Bonchev–Trinajstić information content (AvgIpc) is 2.42. The molecule has 0 radical (unpaired) electrons. The fourth-order valence-corrected chi connectivity index (χ4v) is 1.87. The van der Waals surface area contributed by atoms with Gasteiger partial charge in [-0.3, -0.25) is 14.4 Å². The fourth-order valence-electron chi connectivity index (χ4n) is 1.87. The van der Waals surface area contributed by atoms with Crippen LogP contribution in [0.4, 0.5) is 0 Å². The summed E-state index contributed by atoms with van der Waals surface area (Å²) in [6, 6.07) is 0. The molecule has 0 saturated heterocycles. The number of hydrogen-bond donors (Lipinski definition) is 0. The van der Waals surface area contributed by atoms with E-state index in [-0.39, 0.29) is 0 Å². The highest BCUT2D eigenvalue weighted by Gasteiger charge is 2.27. The quantitative estimate of drug-likeness (QED) is 0.596. The van der Waals surface area contributed by atoms with Crippen molar-refractivity contribution >= 4 is 5.96 Å². The molecule has 1 heterocycles. The van der Waals surface area contributed by atoms with Crippen LogP contribution in [0.25, 0.3) is 0 Å². The van der Waals surface area contributed by atoms with E-state index in [4.69, 9.17) is 0 Å². The average molecular weight is 184 g/mol. The van der Waals surface area contributed by atoms with Crippen molar-refractivity contribution in [1.82, 2.24) is 9.80 Å². The van der Waals surface area contributed by atoms with E-state index in [0.29, 0.717) is 0 Å². The Hall–Kier alpha value is -0.730. The van der Waals surface area contributed by atoms with Gasteiger partial charge in [-0.1, -0.05) is 13.3 Å². The Morgan fingerprint density at radius 3 is 2.69 bits per heavy atom. The zero-order valence-corrected chi connectivity index (χ0v) is 9.38. The number of unbranched alkanes of at least 4 members (excludes halogenated alkanes) is 1. The first kappa shape index (κ1) is 10.4. The van der Waals surface area contributed by atoms with Gasteiger partial charge in [-0.05, 0) is 6.42 Å². The summed E-state index contributed by atoms with van der Waals surface area (Å²) < 4.78 is 2.33. The summed E-state index contributed by atoms with van der Waals surface area (Å²) in [5, 5.41) is 0. The zero-order chi connectivity index (χ0) is 9.84. The third-order valence-corrected chi connectivity index (χ3v) is 2.64. The molecule has 0 fully saturated rings. The lowest BCUT2D eigenvalue weighted by molar-refractivity contribution is -0.491. The predicted molar refractivity (Wildman–Crippen MR) is 56.2 cm³/mol. The standard InChI is InChI=1S/C10H22N3/c1-5-6-7-11(2)10-12(3)8-9-13(10)4/h5-9H2,1-4H3/q+1. The van der Waals surface area contributed by atoms with Crippen molar-refractivity contribution in [3.05, 3.63) is 0 Å². The molecular formula is C10H22N3+. The number of guanidine groups is 1. The summed E-state index contributed by atoms with van der Waals surface area (Å²) in [5.74, 6) is 1.37. The molecule has 0 N–H and O–H groups in total. The molecule has 1 rings (SSSR count). The Labute approximate surface area is 81.6 Å². The van der Waals surface area contributed by atoms with Crippen molar-refractivity contribution in [2.45, 2.75) is 19.8 Å². The molecule has 0 aromatic heterocycles. The van der Waals surface area contributed by atoms with Gasteiger partial charge in [0.15, 0.2) is 0 Å². The molecule has 76 valence electrons. The van der Waals surface area contributed by atoms with Crippen molar-refractivity contribution in [3.63, 3.8) is 0 Å². The lowest BCUT2D eigenvalue weighted by Crippen LogP contribution is -2.40. The van der Waals surface area contributed by atoms with E-state index in [1.165, 1.54) is 25.3 Å². The monoisotopic (exact) mass is 184 g/mol. The highest BCUT2D eigenvalue weighted by atomic mass is 15.4. The summed E-state index contributed by atoms with van der Waals surface area (Å²) in [6.07, 6.45) is 2.55. The van der Waals surface area contributed by atoms with Gasteiger partial charge in [0.25, 0.3) is 0 Å². The Morgan fingerprint density at radius 1 is 1.54 bits per heavy atom. The first-order valence-corrected chi connectivity index (χ1v) is 5.17. The van der Waals surface area contributed by atoms with Gasteiger partial charge in [0.2, 0.25) is 0 Å². The lowest BCUT2D eigenvalue weighted by Gasteiger charge is -2.17. The summed E-state index contributed by atoms with van der Waals surface area (Å²) in [7, 11) is 6.52. The van der Waals surface area contributed by atoms with Crippen LogP contribution < -0.4 is 0 Å². The van der Waals surface area contributed by atoms with E-state index in [1.807, 2.05) is 0 Å². The number of nitrogens with zero attached hydrogens (tertiary/aromatic N) is 3. The van der Waals surface area contributed by atoms with Crippen LogP contribution in [-0.2, 0) is 0 Å². The molecule has 0 aliphatic carbocycles. The van der Waals surface area contributed by atoms with Crippen molar-refractivity contribution in [2.24, 2.45) is 0 Å². The van der Waals surface area contributed by atoms with Crippen LogP contribution >= 0.6 is 0 Å². The molecule has 3 heteroatoms. The molecule has 0 atom stereocenters. The Kier molecular flexibility index (Phi) is 3.58. The summed E-state index contributed by atoms with van der Waals surface area (Å²) in [4.78, 5) is 4.69. The van der Waals surface area contributed by atoms with Crippen LogP contribution in [0.15, 0.2) is 0 Å². The maximum atomic E-state index is 2.36.